The van der Waals surface area contributed by atoms with Gasteiger partial charge >= 0.3 is 0 Å². The number of nitrogens with one attached hydrogen (secondary N) is 3. The molecule has 3 aliphatic rings. The van der Waals surface area contributed by atoms with Crippen molar-refractivity contribution in [1.29, 1.82) is 0 Å². The second-order valence-corrected chi connectivity index (χ2v) is 10.7. The highest BCUT2D eigenvalue weighted by molar-refractivity contribution is 5.80. The molecule has 3 heterocycles. The molecule has 6 atom stereocenters. The second-order valence-electron chi connectivity index (χ2n) is 10.7. The van der Waals surface area contributed by atoms with Crippen molar-refractivity contribution in [2.24, 2.45) is 24.8 Å². The van der Waals surface area contributed by atoms with E-state index in [1.807, 2.05) is 30.5 Å². The third kappa shape index (κ3) is 4.36. The van der Waals surface area contributed by atoms with Crippen LogP contribution < -0.4 is 16.2 Å². The number of imidazole rings is 1. The second kappa shape index (κ2) is 9.15. The Bertz CT molecular complexity index is 1140. The van der Waals surface area contributed by atoms with Gasteiger partial charge in [0, 0.05) is 55.6 Å². The number of rotatable bonds is 5. The average Bonchev–Trinajstić information content (AvgIpc) is 3.57. The Balaban J connectivity index is 1.09. The van der Waals surface area contributed by atoms with Gasteiger partial charge in [-0.15, -0.1) is 0 Å². The van der Waals surface area contributed by atoms with Gasteiger partial charge in [-0.1, -0.05) is 12.5 Å². The summed E-state index contributed by atoms with van der Waals surface area (Å²) in [5, 5.41) is 9.11. The lowest BCUT2D eigenvalue weighted by molar-refractivity contribution is -0.127. The van der Waals surface area contributed by atoms with Gasteiger partial charge in [-0.2, -0.15) is 5.10 Å². The van der Waals surface area contributed by atoms with Crippen molar-refractivity contribution in [1.82, 2.24) is 35.5 Å². The number of aryl methyl sites for hydroxylation is 1. The first-order valence-corrected chi connectivity index (χ1v) is 12.8. The third-order valence-corrected chi connectivity index (χ3v) is 8.28. The van der Waals surface area contributed by atoms with Crippen LogP contribution in [0.5, 0.6) is 0 Å². The topological polar surface area (TPSA) is 88.8 Å². The molecule has 1 saturated heterocycles. The van der Waals surface area contributed by atoms with Crippen LogP contribution in [-0.4, -0.2) is 37.3 Å². The summed E-state index contributed by atoms with van der Waals surface area (Å²) in [6.07, 6.45) is 15.4. The highest BCUT2D eigenvalue weighted by Gasteiger charge is 2.43. The van der Waals surface area contributed by atoms with E-state index in [1.54, 1.807) is 0 Å². The molecular formula is C26H35N7O. The zero-order chi connectivity index (χ0) is 23.1. The van der Waals surface area contributed by atoms with Crippen LogP contribution in [0.2, 0.25) is 0 Å². The summed E-state index contributed by atoms with van der Waals surface area (Å²) < 4.78 is 4.03. The molecule has 3 aromatic rings. The van der Waals surface area contributed by atoms with E-state index in [9.17, 15) is 4.79 Å². The van der Waals surface area contributed by atoms with Gasteiger partial charge in [-0.25, -0.2) is 10.4 Å². The zero-order valence-electron chi connectivity index (χ0n) is 19.9. The first-order chi connectivity index (χ1) is 16.6. The first kappa shape index (κ1) is 21.8. The van der Waals surface area contributed by atoms with Crippen molar-refractivity contribution in [2.75, 3.05) is 0 Å². The third-order valence-electron chi connectivity index (χ3n) is 8.28. The number of aromatic nitrogens is 4. The van der Waals surface area contributed by atoms with Crippen molar-refractivity contribution in [3.8, 4) is 0 Å². The summed E-state index contributed by atoms with van der Waals surface area (Å²) in [5.74, 6) is 1.39. The number of carbonyl (C=O) groups is 1. The Morgan fingerprint density at radius 1 is 1.18 bits per heavy atom. The number of carbonyl (C=O) groups excluding carboxylic acids is 1. The van der Waals surface area contributed by atoms with Crippen LogP contribution in [0.15, 0.2) is 43.1 Å². The largest absolute Gasteiger partial charge is 0.353 e. The number of hydrogen-bond acceptors (Lipinski definition) is 5. The van der Waals surface area contributed by atoms with Crippen LogP contribution in [0.25, 0.3) is 10.9 Å². The van der Waals surface area contributed by atoms with Crippen LogP contribution >= 0.6 is 0 Å². The summed E-state index contributed by atoms with van der Waals surface area (Å²) in [6, 6.07) is 7.48. The summed E-state index contributed by atoms with van der Waals surface area (Å²) in [5.41, 5.74) is 9.35. The van der Waals surface area contributed by atoms with Crippen LogP contribution in [0, 0.1) is 17.8 Å². The predicted molar refractivity (Wildman–Crippen MR) is 130 cm³/mol. The molecule has 1 aromatic carbocycles. The smallest absolute Gasteiger partial charge is 0.223 e. The molecule has 6 rings (SSSR count). The standard InChI is InChI=1S/C26H35N7O/c1-32-15-20-12-18(5-7-23(20)31-32)25-22-13-19(6-8-24(22)29-30-25)26(34)28-21-4-2-3-17(11-21)14-33-10-9-27-16-33/h5,7,9-10,12,15-17,19,21-22,24-25,29-30H,2-4,6,8,11,13-14H2,1H3,(H,28,34). The summed E-state index contributed by atoms with van der Waals surface area (Å²) >= 11 is 0. The maximum Gasteiger partial charge on any atom is 0.223 e. The Labute approximate surface area is 200 Å². The lowest BCUT2D eigenvalue weighted by atomic mass is 9.74. The number of benzene rings is 1. The summed E-state index contributed by atoms with van der Waals surface area (Å²) in [6.45, 7) is 1.000. The molecule has 1 amide bonds. The number of hydrazine groups is 1. The fourth-order valence-corrected chi connectivity index (χ4v) is 6.59. The fraction of sp³-hybridized carbons (Fsp3) is 0.577. The number of amides is 1. The van der Waals surface area contributed by atoms with E-state index in [0.717, 1.165) is 49.6 Å². The molecule has 0 spiro atoms. The van der Waals surface area contributed by atoms with Gasteiger partial charge in [-0.3, -0.25) is 14.9 Å². The first-order valence-electron chi connectivity index (χ1n) is 12.8. The van der Waals surface area contributed by atoms with E-state index >= 15 is 0 Å². The number of hydrogen-bond donors (Lipinski definition) is 3. The maximum atomic E-state index is 13.3. The minimum atomic E-state index is 0.0987. The van der Waals surface area contributed by atoms with Crippen molar-refractivity contribution in [3.05, 3.63) is 48.7 Å². The minimum absolute atomic E-state index is 0.0987. The Morgan fingerprint density at radius 3 is 3.00 bits per heavy atom. The molecule has 2 saturated carbocycles. The molecule has 3 fully saturated rings. The minimum Gasteiger partial charge on any atom is -0.353 e. The van der Waals surface area contributed by atoms with Gasteiger partial charge in [0.1, 0.15) is 0 Å². The quantitative estimate of drug-likeness (QED) is 0.543. The zero-order valence-corrected chi connectivity index (χ0v) is 19.9. The SMILES string of the molecule is Cn1cc2cc(C3NNC4CCC(C(=O)NC5CCCC(Cn6ccnc6)C5)CC43)ccc2n1. The molecule has 1 aliphatic heterocycles. The predicted octanol–water partition coefficient (Wildman–Crippen LogP) is 3.08. The van der Waals surface area contributed by atoms with E-state index in [4.69, 9.17) is 0 Å². The summed E-state index contributed by atoms with van der Waals surface area (Å²) in [7, 11) is 1.96. The molecule has 6 unspecified atom stereocenters. The van der Waals surface area contributed by atoms with E-state index < -0.39 is 0 Å². The van der Waals surface area contributed by atoms with Crippen LogP contribution in [-0.2, 0) is 18.4 Å². The molecule has 3 N–H and O–H groups in total. The van der Waals surface area contributed by atoms with E-state index in [1.165, 1.54) is 18.4 Å². The van der Waals surface area contributed by atoms with E-state index in [0.29, 0.717) is 23.9 Å². The molecule has 180 valence electrons. The number of fused-ring (bicyclic) bond motifs is 2. The Morgan fingerprint density at radius 2 is 2.12 bits per heavy atom. The monoisotopic (exact) mass is 461 g/mol. The Kier molecular flexibility index (Phi) is 5.87. The molecule has 0 radical (unpaired) electrons. The van der Waals surface area contributed by atoms with Gasteiger partial charge in [0.15, 0.2) is 0 Å². The lowest BCUT2D eigenvalue weighted by Crippen LogP contribution is -2.45. The molecule has 8 nitrogen and oxygen atoms in total. The van der Waals surface area contributed by atoms with Gasteiger partial charge in [0.05, 0.1) is 17.9 Å². The Hall–Kier alpha value is -2.71. The molecule has 2 aromatic heterocycles. The molecule has 2 aliphatic carbocycles. The van der Waals surface area contributed by atoms with Crippen molar-refractivity contribution < 1.29 is 4.79 Å². The highest BCUT2D eigenvalue weighted by Crippen LogP contribution is 2.41. The van der Waals surface area contributed by atoms with Crippen LogP contribution in [0.3, 0.4) is 0 Å². The normalized spacial score (nSPS) is 31.4. The van der Waals surface area contributed by atoms with Crippen LogP contribution in [0.4, 0.5) is 0 Å². The highest BCUT2D eigenvalue weighted by atomic mass is 16.1. The van der Waals surface area contributed by atoms with Crippen molar-refractivity contribution in [2.45, 2.75) is 69.6 Å². The number of nitrogens with zero attached hydrogens (tertiary/aromatic N) is 4. The van der Waals surface area contributed by atoms with Gasteiger partial charge in [-0.05, 0) is 68.1 Å². The summed E-state index contributed by atoms with van der Waals surface area (Å²) in [4.78, 5) is 17.5. The molecule has 8 heteroatoms. The van der Waals surface area contributed by atoms with Crippen molar-refractivity contribution >= 4 is 16.8 Å². The van der Waals surface area contributed by atoms with Crippen LogP contribution in [0.1, 0.15) is 56.6 Å². The lowest BCUT2D eigenvalue weighted by Gasteiger charge is -2.35. The van der Waals surface area contributed by atoms with Gasteiger partial charge in [0.2, 0.25) is 5.91 Å². The van der Waals surface area contributed by atoms with Gasteiger partial charge < -0.3 is 9.88 Å². The van der Waals surface area contributed by atoms with E-state index in [-0.39, 0.29) is 17.9 Å². The molecule has 34 heavy (non-hydrogen) atoms. The molecular weight excluding hydrogens is 426 g/mol. The molecule has 0 bridgehead atoms. The van der Waals surface area contributed by atoms with Crippen molar-refractivity contribution in [3.63, 3.8) is 0 Å². The maximum absolute atomic E-state index is 13.3. The fourth-order valence-electron chi connectivity index (χ4n) is 6.59. The van der Waals surface area contributed by atoms with E-state index in [2.05, 4.69) is 55.2 Å². The van der Waals surface area contributed by atoms with Gasteiger partial charge in [0.25, 0.3) is 0 Å². The average molecular weight is 462 g/mol.